The van der Waals surface area contributed by atoms with Gasteiger partial charge in [-0.3, -0.25) is 0 Å². The van der Waals surface area contributed by atoms with Crippen LogP contribution in [0.25, 0.3) is 0 Å². The average molecular weight is 143 g/mol. The number of hydrogen-bond acceptors (Lipinski definition) is 2. The summed E-state index contributed by atoms with van der Waals surface area (Å²) in [6.07, 6.45) is 3.56. The summed E-state index contributed by atoms with van der Waals surface area (Å²) in [5.41, 5.74) is 4.29. The van der Waals surface area contributed by atoms with Crippen LogP contribution in [-0.2, 0) is 4.79 Å². The maximum atomic E-state index is 10.5. The lowest BCUT2D eigenvalue weighted by Gasteiger charge is -2.17. The molecule has 3 N–H and O–H groups in total. The molecule has 0 heterocycles. The predicted molar refractivity (Wildman–Crippen MR) is 39.7 cm³/mol. The smallest absolute Gasteiger partial charge is 0.327 e. The molecule has 0 aromatic rings. The first-order valence-corrected chi connectivity index (χ1v) is 3.23. The van der Waals surface area contributed by atoms with Gasteiger partial charge in [-0.1, -0.05) is 19.1 Å². The Hall–Kier alpha value is -0.830. The number of rotatable bonds is 3. The Morgan fingerprint density at radius 3 is 2.40 bits per heavy atom. The van der Waals surface area contributed by atoms with Crippen molar-refractivity contribution in [1.82, 2.24) is 0 Å². The van der Waals surface area contributed by atoms with E-state index in [2.05, 4.69) is 0 Å². The highest BCUT2D eigenvalue weighted by molar-refractivity contribution is 5.80. The van der Waals surface area contributed by atoms with Gasteiger partial charge in [-0.15, -0.1) is 0 Å². The highest BCUT2D eigenvalue weighted by atomic mass is 16.4. The zero-order valence-corrected chi connectivity index (χ0v) is 6.29. The minimum absolute atomic E-state index is 0.409. The van der Waals surface area contributed by atoms with E-state index in [9.17, 15) is 4.79 Å². The Labute approximate surface area is 60.5 Å². The van der Waals surface area contributed by atoms with Gasteiger partial charge in [0, 0.05) is 0 Å². The summed E-state index contributed by atoms with van der Waals surface area (Å²) in [6.45, 7) is 3.49. The Morgan fingerprint density at radius 2 is 2.30 bits per heavy atom. The van der Waals surface area contributed by atoms with Crippen molar-refractivity contribution in [3.05, 3.63) is 12.2 Å². The van der Waals surface area contributed by atoms with Crippen LogP contribution in [0, 0.1) is 0 Å². The number of carboxylic acid groups (broad SMARTS) is 1. The van der Waals surface area contributed by atoms with Gasteiger partial charge in [0.2, 0.25) is 0 Å². The molecule has 3 heteroatoms. The van der Waals surface area contributed by atoms with E-state index in [1.54, 1.807) is 19.9 Å². The molecule has 1 unspecified atom stereocenters. The van der Waals surface area contributed by atoms with Gasteiger partial charge in [0.05, 0.1) is 0 Å². The monoisotopic (exact) mass is 143 g/mol. The second kappa shape index (κ2) is 3.37. The number of nitrogens with two attached hydrogens (primary N) is 1. The van der Waals surface area contributed by atoms with Crippen LogP contribution < -0.4 is 5.73 Å². The first-order chi connectivity index (χ1) is 4.56. The SMILES string of the molecule is C/C=C/C(N)(CC)C(=O)O. The Morgan fingerprint density at radius 1 is 1.80 bits per heavy atom. The molecule has 10 heavy (non-hydrogen) atoms. The molecule has 0 bridgehead atoms. The molecule has 0 aliphatic rings. The molecular weight excluding hydrogens is 130 g/mol. The molecular formula is C7H13NO2. The number of aliphatic carboxylic acids is 1. The van der Waals surface area contributed by atoms with Crippen LogP contribution in [-0.4, -0.2) is 16.6 Å². The fourth-order valence-corrected chi connectivity index (χ4v) is 0.638. The van der Waals surface area contributed by atoms with Crippen LogP contribution in [0.15, 0.2) is 12.2 Å². The zero-order valence-electron chi connectivity index (χ0n) is 6.29. The first kappa shape index (κ1) is 9.17. The van der Waals surface area contributed by atoms with Crippen LogP contribution in [0.4, 0.5) is 0 Å². The van der Waals surface area contributed by atoms with Gasteiger partial charge in [0.15, 0.2) is 0 Å². The topological polar surface area (TPSA) is 63.3 Å². The Kier molecular flexibility index (Phi) is 3.09. The number of hydrogen-bond donors (Lipinski definition) is 2. The van der Waals surface area contributed by atoms with Gasteiger partial charge in [-0.2, -0.15) is 0 Å². The molecule has 0 amide bonds. The highest BCUT2D eigenvalue weighted by Gasteiger charge is 2.27. The van der Waals surface area contributed by atoms with E-state index in [1.165, 1.54) is 6.08 Å². The third-order valence-corrected chi connectivity index (χ3v) is 1.45. The molecule has 58 valence electrons. The normalized spacial score (nSPS) is 17.1. The zero-order chi connectivity index (χ0) is 8.20. The molecule has 0 saturated carbocycles. The minimum Gasteiger partial charge on any atom is -0.480 e. The van der Waals surface area contributed by atoms with Crippen LogP contribution in [0.3, 0.4) is 0 Å². The van der Waals surface area contributed by atoms with E-state index in [0.717, 1.165) is 0 Å². The Balaban J connectivity index is 4.38. The molecule has 0 fully saturated rings. The van der Waals surface area contributed by atoms with Gasteiger partial charge in [-0.05, 0) is 13.3 Å². The van der Waals surface area contributed by atoms with Gasteiger partial charge in [-0.25, -0.2) is 4.79 Å². The fraction of sp³-hybridized carbons (Fsp3) is 0.571. The third-order valence-electron chi connectivity index (χ3n) is 1.45. The van der Waals surface area contributed by atoms with E-state index in [1.807, 2.05) is 0 Å². The van der Waals surface area contributed by atoms with Crippen molar-refractivity contribution in [1.29, 1.82) is 0 Å². The molecule has 3 nitrogen and oxygen atoms in total. The standard InChI is InChI=1S/C7H13NO2/c1-3-5-7(8,4-2)6(9)10/h3,5H,4,8H2,1-2H3,(H,9,10)/b5-3+. The van der Waals surface area contributed by atoms with Crippen LogP contribution in [0.1, 0.15) is 20.3 Å². The molecule has 0 aromatic carbocycles. The Bertz CT molecular complexity index is 154. The van der Waals surface area contributed by atoms with Crippen molar-refractivity contribution >= 4 is 5.97 Å². The largest absolute Gasteiger partial charge is 0.480 e. The van der Waals surface area contributed by atoms with Gasteiger partial charge < -0.3 is 10.8 Å². The van der Waals surface area contributed by atoms with E-state index in [0.29, 0.717) is 6.42 Å². The minimum atomic E-state index is -1.17. The predicted octanol–water partition coefficient (Wildman–Crippen LogP) is 0.755. The van der Waals surface area contributed by atoms with Crippen LogP contribution >= 0.6 is 0 Å². The van der Waals surface area contributed by atoms with Gasteiger partial charge in [0.25, 0.3) is 0 Å². The average Bonchev–Trinajstić information content (AvgIpc) is 1.88. The van der Waals surface area contributed by atoms with Crippen molar-refractivity contribution in [2.24, 2.45) is 5.73 Å². The summed E-state index contributed by atoms with van der Waals surface area (Å²) in [6, 6.07) is 0. The number of carbonyl (C=O) groups is 1. The fourth-order valence-electron chi connectivity index (χ4n) is 0.638. The lowest BCUT2D eigenvalue weighted by Crippen LogP contribution is -2.45. The summed E-state index contributed by atoms with van der Waals surface area (Å²) in [4.78, 5) is 10.5. The lowest BCUT2D eigenvalue weighted by atomic mass is 9.97. The second-order valence-electron chi connectivity index (χ2n) is 2.20. The van der Waals surface area contributed by atoms with Crippen molar-refractivity contribution in [2.75, 3.05) is 0 Å². The summed E-state index contributed by atoms with van der Waals surface area (Å²) in [7, 11) is 0. The molecule has 0 aromatic heterocycles. The van der Waals surface area contributed by atoms with Crippen molar-refractivity contribution in [3.8, 4) is 0 Å². The summed E-state index contributed by atoms with van der Waals surface area (Å²) in [5, 5.41) is 8.59. The molecule has 0 aliphatic carbocycles. The molecule has 0 spiro atoms. The highest BCUT2D eigenvalue weighted by Crippen LogP contribution is 2.07. The second-order valence-corrected chi connectivity index (χ2v) is 2.20. The van der Waals surface area contributed by atoms with Gasteiger partial charge >= 0.3 is 5.97 Å². The van der Waals surface area contributed by atoms with Crippen molar-refractivity contribution < 1.29 is 9.90 Å². The summed E-state index contributed by atoms with van der Waals surface area (Å²) in [5.74, 6) is -0.979. The van der Waals surface area contributed by atoms with Crippen molar-refractivity contribution in [2.45, 2.75) is 25.8 Å². The molecule has 0 aliphatic heterocycles. The first-order valence-electron chi connectivity index (χ1n) is 3.23. The van der Waals surface area contributed by atoms with Gasteiger partial charge in [0.1, 0.15) is 5.54 Å². The van der Waals surface area contributed by atoms with Crippen LogP contribution in [0.2, 0.25) is 0 Å². The van der Waals surface area contributed by atoms with E-state index in [4.69, 9.17) is 10.8 Å². The molecule has 1 atom stereocenters. The van der Waals surface area contributed by atoms with E-state index < -0.39 is 11.5 Å². The molecule has 0 radical (unpaired) electrons. The van der Waals surface area contributed by atoms with Crippen LogP contribution in [0.5, 0.6) is 0 Å². The summed E-state index contributed by atoms with van der Waals surface area (Å²) >= 11 is 0. The maximum Gasteiger partial charge on any atom is 0.327 e. The molecule has 0 rings (SSSR count). The number of allylic oxidation sites excluding steroid dienone is 1. The van der Waals surface area contributed by atoms with E-state index in [-0.39, 0.29) is 0 Å². The lowest BCUT2D eigenvalue weighted by molar-refractivity contribution is -0.141. The maximum absolute atomic E-state index is 10.5. The number of carboxylic acids is 1. The quantitative estimate of drug-likeness (QED) is 0.573. The third kappa shape index (κ3) is 1.84. The van der Waals surface area contributed by atoms with Crippen molar-refractivity contribution in [3.63, 3.8) is 0 Å². The summed E-state index contributed by atoms with van der Waals surface area (Å²) < 4.78 is 0. The molecule has 0 saturated heterocycles. The van der Waals surface area contributed by atoms with E-state index >= 15 is 0 Å².